The van der Waals surface area contributed by atoms with Crippen LogP contribution in [0, 0.1) is 6.92 Å². The minimum atomic E-state index is -0.361. The number of aromatic nitrogens is 2. The van der Waals surface area contributed by atoms with E-state index in [1.54, 1.807) is 28.9 Å². The highest BCUT2D eigenvalue weighted by Gasteiger charge is 2.22. The van der Waals surface area contributed by atoms with Gasteiger partial charge in [-0.2, -0.15) is 5.10 Å². The van der Waals surface area contributed by atoms with Gasteiger partial charge in [0.2, 0.25) is 5.91 Å². The average molecular weight is 445 g/mol. The van der Waals surface area contributed by atoms with Gasteiger partial charge in [-0.3, -0.25) is 9.59 Å². The molecule has 1 N–H and O–H groups in total. The van der Waals surface area contributed by atoms with Crippen LogP contribution in [0.25, 0.3) is 5.69 Å². The number of benzene rings is 2. The minimum Gasteiger partial charge on any atom is -0.328 e. The standard InChI is InChI=1S/C22H22Cl2N4O2/c1-3-11-27(14-21(29)25-19-13-16(23)9-10-18(19)24)22(30)20-12-15(2)28(26-20)17-7-5-4-6-8-17/h4-10,12-13H,3,11,14H2,1-2H3,(H,25,29). The van der Waals surface area contributed by atoms with Crippen molar-refractivity contribution in [3.8, 4) is 5.69 Å². The van der Waals surface area contributed by atoms with Gasteiger partial charge in [-0.05, 0) is 49.7 Å². The van der Waals surface area contributed by atoms with Gasteiger partial charge < -0.3 is 10.2 Å². The quantitative estimate of drug-likeness (QED) is 0.558. The molecule has 0 saturated carbocycles. The van der Waals surface area contributed by atoms with E-state index in [0.29, 0.717) is 34.4 Å². The Balaban J connectivity index is 1.76. The average Bonchev–Trinajstić information content (AvgIpc) is 3.12. The Morgan fingerprint density at radius 3 is 2.53 bits per heavy atom. The maximum atomic E-state index is 13.1. The van der Waals surface area contributed by atoms with Crippen molar-refractivity contribution >= 4 is 40.7 Å². The number of carbonyl (C=O) groups excluding carboxylic acids is 2. The summed E-state index contributed by atoms with van der Waals surface area (Å²) in [5, 5.41) is 8.00. The SMILES string of the molecule is CCCN(CC(=O)Nc1cc(Cl)ccc1Cl)C(=O)c1cc(C)n(-c2ccccc2)n1. The molecule has 0 aliphatic carbocycles. The zero-order valence-corrected chi connectivity index (χ0v) is 18.2. The van der Waals surface area contributed by atoms with Gasteiger partial charge in [-0.15, -0.1) is 0 Å². The van der Waals surface area contributed by atoms with Crippen molar-refractivity contribution < 1.29 is 9.59 Å². The number of rotatable bonds is 7. The molecule has 0 bridgehead atoms. The molecular weight excluding hydrogens is 423 g/mol. The molecule has 3 rings (SSSR count). The van der Waals surface area contributed by atoms with Gasteiger partial charge in [0.25, 0.3) is 5.91 Å². The third-order valence-corrected chi connectivity index (χ3v) is 4.99. The predicted octanol–water partition coefficient (Wildman–Crippen LogP) is 4.98. The Morgan fingerprint density at radius 2 is 1.83 bits per heavy atom. The first-order chi connectivity index (χ1) is 14.4. The second-order valence-corrected chi connectivity index (χ2v) is 7.66. The normalized spacial score (nSPS) is 10.7. The lowest BCUT2D eigenvalue weighted by Crippen LogP contribution is -2.38. The minimum absolute atomic E-state index is 0.118. The third kappa shape index (κ3) is 5.20. The van der Waals surface area contributed by atoms with Crippen LogP contribution in [0.4, 0.5) is 5.69 Å². The number of amides is 2. The predicted molar refractivity (Wildman–Crippen MR) is 120 cm³/mol. The molecular formula is C22H22Cl2N4O2. The van der Waals surface area contributed by atoms with Crippen molar-refractivity contribution in [2.45, 2.75) is 20.3 Å². The first-order valence-electron chi connectivity index (χ1n) is 9.55. The van der Waals surface area contributed by atoms with Crippen LogP contribution in [-0.4, -0.2) is 39.6 Å². The zero-order valence-electron chi connectivity index (χ0n) is 16.7. The fourth-order valence-electron chi connectivity index (χ4n) is 3.05. The van der Waals surface area contributed by atoms with E-state index < -0.39 is 0 Å². The molecule has 2 aromatic carbocycles. The van der Waals surface area contributed by atoms with Crippen LogP contribution in [0.3, 0.4) is 0 Å². The lowest BCUT2D eigenvalue weighted by atomic mass is 10.3. The van der Waals surface area contributed by atoms with Crippen LogP contribution >= 0.6 is 23.2 Å². The Labute approximate surface area is 185 Å². The van der Waals surface area contributed by atoms with Crippen LogP contribution < -0.4 is 5.32 Å². The van der Waals surface area contributed by atoms with Crippen molar-refractivity contribution in [2.75, 3.05) is 18.4 Å². The number of hydrogen-bond acceptors (Lipinski definition) is 3. The van der Waals surface area contributed by atoms with Crippen molar-refractivity contribution in [1.82, 2.24) is 14.7 Å². The molecule has 156 valence electrons. The molecule has 1 aromatic heterocycles. The summed E-state index contributed by atoms with van der Waals surface area (Å²) < 4.78 is 1.71. The molecule has 8 heteroatoms. The van der Waals surface area contributed by atoms with Crippen LogP contribution in [0.15, 0.2) is 54.6 Å². The van der Waals surface area contributed by atoms with Crippen LogP contribution in [0.2, 0.25) is 10.0 Å². The van der Waals surface area contributed by atoms with Gasteiger partial charge in [0.1, 0.15) is 6.54 Å². The molecule has 30 heavy (non-hydrogen) atoms. The maximum Gasteiger partial charge on any atom is 0.274 e. The molecule has 0 spiro atoms. The summed E-state index contributed by atoms with van der Waals surface area (Å²) in [4.78, 5) is 27.1. The Hall–Kier alpha value is -2.83. The van der Waals surface area contributed by atoms with Gasteiger partial charge in [0.15, 0.2) is 5.69 Å². The van der Waals surface area contributed by atoms with Crippen LogP contribution in [0.5, 0.6) is 0 Å². The van der Waals surface area contributed by atoms with Crippen molar-refractivity contribution in [3.05, 3.63) is 76.0 Å². The number of anilines is 1. The Kier molecular flexibility index (Phi) is 7.13. The fraction of sp³-hybridized carbons (Fsp3) is 0.227. The number of hydrogen-bond donors (Lipinski definition) is 1. The van der Waals surface area contributed by atoms with Gasteiger partial charge >= 0.3 is 0 Å². The summed E-state index contributed by atoms with van der Waals surface area (Å²) in [6, 6.07) is 16.1. The summed E-state index contributed by atoms with van der Waals surface area (Å²) in [6.07, 6.45) is 0.704. The van der Waals surface area contributed by atoms with E-state index in [2.05, 4.69) is 10.4 Å². The van der Waals surface area contributed by atoms with E-state index in [9.17, 15) is 9.59 Å². The first kappa shape index (κ1) is 21.9. The molecule has 0 saturated heterocycles. The smallest absolute Gasteiger partial charge is 0.274 e. The molecule has 0 atom stereocenters. The van der Waals surface area contributed by atoms with Crippen molar-refractivity contribution in [3.63, 3.8) is 0 Å². The fourth-order valence-corrected chi connectivity index (χ4v) is 3.39. The number of para-hydroxylation sites is 1. The van der Waals surface area contributed by atoms with Gasteiger partial charge in [-0.1, -0.05) is 48.3 Å². The van der Waals surface area contributed by atoms with E-state index in [1.807, 2.05) is 44.2 Å². The van der Waals surface area contributed by atoms with Gasteiger partial charge in [0, 0.05) is 17.3 Å². The molecule has 0 aliphatic heterocycles. The lowest BCUT2D eigenvalue weighted by Gasteiger charge is -2.20. The van der Waals surface area contributed by atoms with E-state index in [-0.39, 0.29) is 18.4 Å². The lowest BCUT2D eigenvalue weighted by molar-refractivity contribution is -0.116. The van der Waals surface area contributed by atoms with E-state index in [0.717, 1.165) is 11.4 Å². The highest BCUT2D eigenvalue weighted by atomic mass is 35.5. The maximum absolute atomic E-state index is 13.1. The second kappa shape index (κ2) is 9.78. The summed E-state index contributed by atoms with van der Waals surface area (Å²) in [5.41, 5.74) is 2.39. The number of carbonyl (C=O) groups is 2. The van der Waals surface area contributed by atoms with Gasteiger partial charge in [0.05, 0.1) is 16.4 Å². The molecule has 0 radical (unpaired) electrons. The van der Waals surface area contributed by atoms with Crippen molar-refractivity contribution in [2.24, 2.45) is 0 Å². The molecule has 1 heterocycles. The second-order valence-electron chi connectivity index (χ2n) is 6.82. The summed E-state index contributed by atoms with van der Waals surface area (Å²) in [6.45, 7) is 4.13. The molecule has 6 nitrogen and oxygen atoms in total. The van der Waals surface area contributed by atoms with Crippen LogP contribution in [-0.2, 0) is 4.79 Å². The summed E-state index contributed by atoms with van der Waals surface area (Å²) in [7, 11) is 0. The monoisotopic (exact) mass is 444 g/mol. The van der Waals surface area contributed by atoms with E-state index in [1.165, 1.54) is 4.90 Å². The van der Waals surface area contributed by atoms with Crippen LogP contribution in [0.1, 0.15) is 29.5 Å². The molecule has 0 fully saturated rings. The molecule has 0 unspecified atom stereocenters. The number of nitrogens with one attached hydrogen (secondary N) is 1. The Bertz CT molecular complexity index is 1050. The van der Waals surface area contributed by atoms with Crippen molar-refractivity contribution in [1.29, 1.82) is 0 Å². The molecule has 0 aliphatic rings. The summed E-state index contributed by atoms with van der Waals surface area (Å²) >= 11 is 12.1. The number of halogens is 2. The largest absolute Gasteiger partial charge is 0.328 e. The zero-order chi connectivity index (χ0) is 21.7. The van der Waals surface area contributed by atoms with Gasteiger partial charge in [-0.25, -0.2) is 4.68 Å². The van der Waals surface area contributed by atoms with E-state index >= 15 is 0 Å². The number of aryl methyl sites for hydroxylation is 1. The summed E-state index contributed by atoms with van der Waals surface area (Å²) in [5.74, 6) is -0.665. The third-order valence-electron chi connectivity index (χ3n) is 4.43. The number of nitrogens with zero attached hydrogens (tertiary/aromatic N) is 3. The Morgan fingerprint density at radius 1 is 1.10 bits per heavy atom. The molecule has 2 amide bonds. The molecule has 3 aromatic rings. The highest BCUT2D eigenvalue weighted by molar-refractivity contribution is 6.35. The van der Waals surface area contributed by atoms with E-state index in [4.69, 9.17) is 23.2 Å². The topological polar surface area (TPSA) is 67.2 Å². The first-order valence-corrected chi connectivity index (χ1v) is 10.3. The highest BCUT2D eigenvalue weighted by Crippen LogP contribution is 2.25.